The number of carbonyl (C=O) groups excluding carboxylic acids is 1. The van der Waals surface area contributed by atoms with E-state index in [1.165, 1.54) is 0 Å². The van der Waals surface area contributed by atoms with Crippen molar-refractivity contribution >= 4 is 29.1 Å². The molecule has 0 aliphatic rings. The van der Waals surface area contributed by atoms with E-state index in [0.717, 1.165) is 24.1 Å². The lowest BCUT2D eigenvalue weighted by atomic mass is 10.1. The SMILES string of the molecule is COCCCCNC(=O)c1cc(-c2ccc(Cl)c(Cl)c2)n(C)n1. The number of nitrogens with zero attached hydrogens (tertiary/aromatic N) is 2. The van der Waals surface area contributed by atoms with Crippen molar-refractivity contribution in [2.24, 2.45) is 7.05 Å². The third-order valence-corrected chi connectivity index (χ3v) is 4.13. The Morgan fingerprint density at radius 1 is 1.26 bits per heavy atom. The highest BCUT2D eigenvalue weighted by Crippen LogP contribution is 2.28. The van der Waals surface area contributed by atoms with E-state index in [1.807, 2.05) is 6.07 Å². The Morgan fingerprint density at radius 3 is 2.74 bits per heavy atom. The maximum absolute atomic E-state index is 12.1. The molecule has 0 spiro atoms. The average molecular weight is 356 g/mol. The fourth-order valence-electron chi connectivity index (χ4n) is 2.17. The van der Waals surface area contributed by atoms with E-state index in [2.05, 4.69) is 10.4 Å². The average Bonchev–Trinajstić information content (AvgIpc) is 2.92. The van der Waals surface area contributed by atoms with E-state index in [9.17, 15) is 4.79 Å². The molecule has 124 valence electrons. The van der Waals surface area contributed by atoms with Gasteiger partial charge in [-0.25, -0.2) is 0 Å². The van der Waals surface area contributed by atoms with E-state index in [1.54, 1.807) is 37.0 Å². The lowest BCUT2D eigenvalue weighted by Gasteiger charge is -2.03. The van der Waals surface area contributed by atoms with Crippen molar-refractivity contribution in [2.75, 3.05) is 20.3 Å². The molecule has 0 bridgehead atoms. The van der Waals surface area contributed by atoms with Crippen LogP contribution in [0.2, 0.25) is 10.0 Å². The van der Waals surface area contributed by atoms with Gasteiger partial charge in [-0.3, -0.25) is 9.48 Å². The molecule has 0 atom stereocenters. The minimum Gasteiger partial charge on any atom is -0.385 e. The highest BCUT2D eigenvalue weighted by Gasteiger charge is 2.14. The summed E-state index contributed by atoms with van der Waals surface area (Å²) in [7, 11) is 3.45. The summed E-state index contributed by atoms with van der Waals surface area (Å²) in [5, 5.41) is 8.07. The van der Waals surface area contributed by atoms with Gasteiger partial charge in [-0.05, 0) is 31.0 Å². The molecule has 5 nitrogen and oxygen atoms in total. The van der Waals surface area contributed by atoms with Crippen LogP contribution in [0.15, 0.2) is 24.3 Å². The molecule has 1 N–H and O–H groups in total. The number of aryl methyl sites for hydroxylation is 1. The third kappa shape index (κ3) is 4.70. The number of amides is 1. The number of hydrogen-bond donors (Lipinski definition) is 1. The van der Waals surface area contributed by atoms with Gasteiger partial charge in [0.2, 0.25) is 0 Å². The van der Waals surface area contributed by atoms with Crippen molar-refractivity contribution in [1.82, 2.24) is 15.1 Å². The van der Waals surface area contributed by atoms with Gasteiger partial charge < -0.3 is 10.1 Å². The summed E-state index contributed by atoms with van der Waals surface area (Å²) in [6.07, 6.45) is 1.78. The Balaban J connectivity index is 2.05. The summed E-state index contributed by atoms with van der Waals surface area (Å²) in [5.41, 5.74) is 2.03. The number of rotatable bonds is 7. The van der Waals surface area contributed by atoms with E-state index >= 15 is 0 Å². The first-order valence-electron chi connectivity index (χ1n) is 7.29. The molecule has 1 aromatic heterocycles. The molecule has 2 rings (SSSR count). The van der Waals surface area contributed by atoms with Gasteiger partial charge in [-0.2, -0.15) is 5.10 Å². The Hall–Kier alpha value is -1.56. The van der Waals surface area contributed by atoms with Gasteiger partial charge >= 0.3 is 0 Å². The maximum Gasteiger partial charge on any atom is 0.271 e. The first-order chi connectivity index (χ1) is 11.0. The molecule has 1 heterocycles. The lowest BCUT2D eigenvalue weighted by molar-refractivity contribution is 0.0945. The van der Waals surface area contributed by atoms with Crippen LogP contribution in [0.5, 0.6) is 0 Å². The van der Waals surface area contributed by atoms with Crippen molar-refractivity contribution in [2.45, 2.75) is 12.8 Å². The van der Waals surface area contributed by atoms with E-state index in [0.29, 0.717) is 28.9 Å². The van der Waals surface area contributed by atoms with Gasteiger partial charge in [-0.1, -0.05) is 29.3 Å². The molecule has 1 amide bonds. The summed E-state index contributed by atoms with van der Waals surface area (Å²) in [5.74, 6) is -0.190. The van der Waals surface area contributed by atoms with Gasteiger partial charge in [0.05, 0.1) is 15.7 Å². The van der Waals surface area contributed by atoms with Crippen molar-refractivity contribution in [3.05, 3.63) is 40.0 Å². The molecule has 0 unspecified atom stereocenters. The predicted molar refractivity (Wildman–Crippen MR) is 92.1 cm³/mol. The van der Waals surface area contributed by atoms with Crippen LogP contribution in [-0.4, -0.2) is 35.9 Å². The first kappa shape index (κ1) is 17.8. The molecule has 0 saturated carbocycles. The summed E-state index contributed by atoms with van der Waals surface area (Å²) < 4.78 is 6.62. The van der Waals surface area contributed by atoms with Gasteiger partial charge in [0.25, 0.3) is 5.91 Å². The number of unbranched alkanes of at least 4 members (excludes halogenated alkanes) is 1. The number of aromatic nitrogens is 2. The number of benzene rings is 1. The van der Waals surface area contributed by atoms with Crippen LogP contribution in [0.25, 0.3) is 11.3 Å². The standard InChI is InChI=1S/C16H19Cl2N3O2/c1-21-15(11-5-6-12(17)13(18)9-11)10-14(20-21)16(22)19-7-3-4-8-23-2/h5-6,9-10H,3-4,7-8H2,1-2H3,(H,19,22). The molecular formula is C16H19Cl2N3O2. The van der Waals surface area contributed by atoms with Crippen molar-refractivity contribution < 1.29 is 9.53 Å². The van der Waals surface area contributed by atoms with Gasteiger partial charge in [0.1, 0.15) is 0 Å². The molecule has 0 saturated heterocycles. The Labute approximate surface area is 145 Å². The molecule has 1 aromatic carbocycles. The van der Waals surface area contributed by atoms with E-state index in [-0.39, 0.29) is 5.91 Å². The highest BCUT2D eigenvalue weighted by molar-refractivity contribution is 6.42. The Morgan fingerprint density at radius 2 is 2.04 bits per heavy atom. The highest BCUT2D eigenvalue weighted by atomic mass is 35.5. The Kier molecular flexibility index (Phi) is 6.45. The molecule has 0 aliphatic carbocycles. The Bertz CT molecular complexity index is 686. The van der Waals surface area contributed by atoms with E-state index < -0.39 is 0 Å². The number of ether oxygens (including phenoxy) is 1. The number of carbonyl (C=O) groups is 1. The predicted octanol–water partition coefficient (Wildman–Crippen LogP) is 3.55. The second kappa shape index (κ2) is 8.34. The monoisotopic (exact) mass is 355 g/mol. The van der Waals surface area contributed by atoms with Crippen LogP contribution in [0.3, 0.4) is 0 Å². The van der Waals surface area contributed by atoms with Crippen LogP contribution in [0.4, 0.5) is 0 Å². The molecule has 0 fully saturated rings. The van der Waals surface area contributed by atoms with Crippen molar-refractivity contribution in [3.63, 3.8) is 0 Å². The van der Waals surface area contributed by atoms with Gasteiger partial charge in [0.15, 0.2) is 5.69 Å². The second-order valence-electron chi connectivity index (χ2n) is 5.12. The van der Waals surface area contributed by atoms with Crippen molar-refractivity contribution in [1.29, 1.82) is 0 Å². The van der Waals surface area contributed by atoms with Gasteiger partial charge in [0, 0.05) is 32.9 Å². The lowest BCUT2D eigenvalue weighted by Crippen LogP contribution is -2.25. The summed E-state index contributed by atoms with van der Waals surface area (Å²) in [6.45, 7) is 1.29. The number of halogens is 2. The smallest absolute Gasteiger partial charge is 0.271 e. The number of hydrogen-bond acceptors (Lipinski definition) is 3. The summed E-state index contributed by atoms with van der Waals surface area (Å²) in [4.78, 5) is 12.1. The second-order valence-corrected chi connectivity index (χ2v) is 5.94. The maximum atomic E-state index is 12.1. The van der Waals surface area contributed by atoms with Crippen LogP contribution < -0.4 is 5.32 Å². The van der Waals surface area contributed by atoms with E-state index in [4.69, 9.17) is 27.9 Å². The van der Waals surface area contributed by atoms with Crippen LogP contribution in [-0.2, 0) is 11.8 Å². The zero-order valence-electron chi connectivity index (χ0n) is 13.1. The summed E-state index contributed by atoms with van der Waals surface area (Å²) >= 11 is 12.0. The molecule has 2 aromatic rings. The van der Waals surface area contributed by atoms with Crippen LogP contribution in [0, 0.1) is 0 Å². The van der Waals surface area contributed by atoms with Crippen LogP contribution >= 0.6 is 23.2 Å². The largest absolute Gasteiger partial charge is 0.385 e. The fraction of sp³-hybridized carbons (Fsp3) is 0.375. The fourth-order valence-corrected chi connectivity index (χ4v) is 2.47. The molecule has 23 heavy (non-hydrogen) atoms. The molecular weight excluding hydrogens is 337 g/mol. The topological polar surface area (TPSA) is 56.1 Å². The van der Waals surface area contributed by atoms with Gasteiger partial charge in [-0.15, -0.1) is 0 Å². The summed E-state index contributed by atoms with van der Waals surface area (Å²) in [6, 6.07) is 7.07. The van der Waals surface area contributed by atoms with Crippen LogP contribution in [0.1, 0.15) is 23.3 Å². The molecule has 7 heteroatoms. The third-order valence-electron chi connectivity index (χ3n) is 3.39. The number of nitrogens with one attached hydrogen (secondary N) is 1. The zero-order valence-corrected chi connectivity index (χ0v) is 14.6. The molecule has 0 radical (unpaired) electrons. The zero-order chi connectivity index (χ0) is 16.8. The normalized spacial score (nSPS) is 10.8. The minimum absolute atomic E-state index is 0.190. The van der Waals surface area contributed by atoms with Crippen molar-refractivity contribution in [3.8, 4) is 11.3 Å². The number of methoxy groups -OCH3 is 1. The minimum atomic E-state index is -0.190. The first-order valence-corrected chi connectivity index (χ1v) is 8.05. The molecule has 0 aliphatic heterocycles. The quantitative estimate of drug-likeness (QED) is 0.772.